The molecule has 0 atom stereocenters. The first-order valence-corrected chi connectivity index (χ1v) is 9.96. The molecule has 1 aromatic heterocycles. The molecule has 1 amide bonds. The third-order valence-corrected chi connectivity index (χ3v) is 5.24. The number of hydrazone groups is 1. The Balaban J connectivity index is 1.63. The van der Waals surface area contributed by atoms with E-state index in [1.807, 2.05) is 12.1 Å². The van der Waals surface area contributed by atoms with E-state index >= 15 is 0 Å². The molecule has 1 aliphatic rings. The number of ether oxygens (including phenoxy) is 1. The number of hydrogen-bond donors (Lipinski definition) is 0. The van der Waals surface area contributed by atoms with Crippen molar-refractivity contribution in [3.05, 3.63) is 80.5 Å². The van der Waals surface area contributed by atoms with E-state index in [0.717, 1.165) is 4.47 Å². The van der Waals surface area contributed by atoms with Gasteiger partial charge in [-0.2, -0.15) is 10.1 Å². The van der Waals surface area contributed by atoms with Crippen molar-refractivity contribution in [2.24, 2.45) is 5.10 Å². The standard InChI is InChI=1S/C22H16BrN3O5/c1-13-19(22(27)25(24-13)15-5-3-14(23)4-6-15)12-17-8-10-20(31-17)18-9-7-16(26(28)29)11-21(18)30-2/h3-12H,1-2H3/b19-12+. The average Bonchev–Trinajstić information content (AvgIpc) is 3.34. The van der Waals surface area contributed by atoms with Crippen LogP contribution >= 0.6 is 15.9 Å². The summed E-state index contributed by atoms with van der Waals surface area (Å²) in [6.07, 6.45) is 1.63. The lowest BCUT2D eigenvalue weighted by Crippen LogP contribution is -2.21. The van der Waals surface area contributed by atoms with Crippen LogP contribution in [0.2, 0.25) is 0 Å². The average molecular weight is 482 g/mol. The van der Waals surface area contributed by atoms with Crippen molar-refractivity contribution in [1.29, 1.82) is 0 Å². The van der Waals surface area contributed by atoms with Crippen molar-refractivity contribution in [2.75, 3.05) is 12.1 Å². The minimum absolute atomic E-state index is 0.0779. The Kier molecular flexibility index (Phi) is 5.43. The fourth-order valence-corrected chi connectivity index (χ4v) is 3.42. The number of nitrogens with zero attached hydrogens (tertiary/aromatic N) is 3. The Hall–Kier alpha value is -3.72. The molecule has 31 heavy (non-hydrogen) atoms. The number of nitro benzene ring substituents is 1. The summed E-state index contributed by atoms with van der Waals surface area (Å²) in [5.41, 5.74) is 2.13. The monoisotopic (exact) mass is 481 g/mol. The van der Waals surface area contributed by atoms with Gasteiger partial charge in [-0.25, -0.2) is 0 Å². The highest BCUT2D eigenvalue weighted by Gasteiger charge is 2.29. The summed E-state index contributed by atoms with van der Waals surface area (Å²) in [5, 5.41) is 16.7. The van der Waals surface area contributed by atoms with E-state index in [4.69, 9.17) is 9.15 Å². The van der Waals surface area contributed by atoms with Crippen LogP contribution in [-0.4, -0.2) is 23.7 Å². The normalized spacial score (nSPS) is 14.8. The molecule has 2 aromatic carbocycles. The molecule has 4 rings (SSSR count). The Morgan fingerprint density at radius 3 is 2.58 bits per heavy atom. The number of furan rings is 1. The van der Waals surface area contributed by atoms with Crippen molar-refractivity contribution in [2.45, 2.75) is 6.92 Å². The van der Waals surface area contributed by atoms with Crippen molar-refractivity contribution in [3.63, 3.8) is 0 Å². The van der Waals surface area contributed by atoms with Crippen LogP contribution in [0.4, 0.5) is 11.4 Å². The van der Waals surface area contributed by atoms with E-state index in [9.17, 15) is 14.9 Å². The number of methoxy groups -OCH3 is 1. The highest BCUT2D eigenvalue weighted by molar-refractivity contribution is 9.10. The molecule has 3 aromatic rings. The van der Waals surface area contributed by atoms with E-state index in [2.05, 4.69) is 21.0 Å². The smallest absolute Gasteiger partial charge is 0.280 e. The Bertz CT molecular complexity index is 1240. The fourth-order valence-electron chi connectivity index (χ4n) is 3.16. The maximum absolute atomic E-state index is 12.9. The number of nitro groups is 1. The summed E-state index contributed by atoms with van der Waals surface area (Å²) in [5.74, 6) is 0.971. The second kappa shape index (κ2) is 8.19. The van der Waals surface area contributed by atoms with Gasteiger partial charge in [0.2, 0.25) is 0 Å². The number of anilines is 1. The van der Waals surface area contributed by atoms with Crippen molar-refractivity contribution in [3.8, 4) is 17.1 Å². The lowest BCUT2D eigenvalue weighted by molar-refractivity contribution is -0.384. The number of halogens is 1. The maximum atomic E-state index is 12.9. The van der Waals surface area contributed by atoms with Crippen molar-refractivity contribution in [1.82, 2.24) is 0 Å². The second-order valence-corrected chi connectivity index (χ2v) is 7.60. The van der Waals surface area contributed by atoms with Gasteiger partial charge in [0.15, 0.2) is 0 Å². The predicted molar refractivity (Wildman–Crippen MR) is 120 cm³/mol. The fraction of sp³-hybridized carbons (Fsp3) is 0.0909. The number of amides is 1. The molecular formula is C22H16BrN3O5. The van der Waals surface area contributed by atoms with Crippen LogP contribution in [-0.2, 0) is 4.79 Å². The molecule has 0 saturated heterocycles. The molecule has 1 aliphatic heterocycles. The first-order chi connectivity index (χ1) is 14.9. The van der Waals surface area contributed by atoms with E-state index in [1.54, 1.807) is 43.3 Å². The minimum Gasteiger partial charge on any atom is -0.496 e. The maximum Gasteiger partial charge on any atom is 0.280 e. The van der Waals surface area contributed by atoms with Crippen LogP contribution in [0.3, 0.4) is 0 Å². The summed E-state index contributed by atoms with van der Waals surface area (Å²) < 4.78 is 12.1. The number of carbonyl (C=O) groups excluding carboxylic acids is 1. The predicted octanol–water partition coefficient (Wildman–Crippen LogP) is 5.43. The molecule has 8 nitrogen and oxygen atoms in total. The molecule has 0 saturated carbocycles. The number of carbonyl (C=O) groups is 1. The van der Waals surface area contributed by atoms with Gasteiger partial charge in [0.1, 0.15) is 17.3 Å². The quantitative estimate of drug-likeness (QED) is 0.274. The molecule has 0 unspecified atom stereocenters. The molecule has 0 spiro atoms. The zero-order valence-electron chi connectivity index (χ0n) is 16.5. The molecule has 2 heterocycles. The van der Waals surface area contributed by atoms with Gasteiger partial charge < -0.3 is 9.15 Å². The van der Waals surface area contributed by atoms with Gasteiger partial charge in [0.05, 0.1) is 40.6 Å². The van der Waals surface area contributed by atoms with Gasteiger partial charge in [0.25, 0.3) is 11.6 Å². The van der Waals surface area contributed by atoms with Crippen LogP contribution in [0.25, 0.3) is 17.4 Å². The van der Waals surface area contributed by atoms with Gasteiger partial charge in [-0.05, 0) is 55.5 Å². The second-order valence-electron chi connectivity index (χ2n) is 6.68. The Labute approximate surface area is 185 Å². The SMILES string of the molecule is COc1cc([N+](=O)[O-])ccc1-c1ccc(/C=C2/C(=O)N(c3ccc(Br)cc3)N=C2C)o1. The Morgan fingerprint density at radius 1 is 1.16 bits per heavy atom. The van der Waals surface area contributed by atoms with Crippen molar-refractivity contribution >= 4 is 45.0 Å². The summed E-state index contributed by atoms with van der Waals surface area (Å²) in [7, 11) is 1.43. The number of non-ortho nitro benzene ring substituents is 1. The van der Waals surface area contributed by atoms with E-state index in [-0.39, 0.29) is 11.6 Å². The van der Waals surface area contributed by atoms with Gasteiger partial charge >= 0.3 is 0 Å². The third-order valence-electron chi connectivity index (χ3n) is 4.71. The lowest BCUT2D eigenvalue weighted by atomic mass is 10.1. The Morgan fingerprint density at radius 2 is 1.90 bits per heavy atom. The topological polar surface area (TPSA) is 98.2 Å². The van der Waals surface area contributed by atoms with Crippen LogP contribution < -0.4 is 9.75 Å². The molecular weight excluding hydrogens is 466 g/mol. The zero-order valence-corrected chi connectivity index (χ0v) is 18.1. The highest BCUT2D eigenvalue weighted by Crippen LogP contribution is 2.35. The summed E-state index contributed by atoms with van der Waals surface area (Å²) in [4.78, 5) is 23.4. The molecule has 0 bridgehead atoms. The first kappa shape index (κ1) is 20.5. The van der Waals surface area contributed by atoms with E-state index in [0.29, 0.717) is 39.8 Å². The molecule has 0 N–H and O–H groups in total. The van der Waals surface area contributed by atoms with E-state index in [1.165, 1.54) is 24.3 Å². The van der Waals surface area contributed by atoms with Crippen LogP contribution in [0, 0.1) is 10.1 Å². The van der Waals surface area contributed by atoms with Gasteiger partial charge in [-0.1, -0.05) is 15.9 Å². The molecule has 156 valence electrons. The molecule has 0 fully saturated rings. The number of rotatable bonds is 5. The van der Waals surface area contributed by atoms with Crippen molar-refractivity contribution < 1.29 is 18.9 Å². The minimum atomic E-state index is -0.491. The first-order valence-electron chi connectivity index (χ1n) is 9.17. The summed E-state index contributed by atoms with van der Waals surface area (Å²) >= 11 is 3.37. The number of hydrogen-bond acceptors (Lipinski definition) is 6. The zero-order chi connectivity index (χ0) is 22.1. The molecule has 0 aliphatic carbocycles. The third kappa shape index (κ3) is 3.99. The van der Waals surface area contributed by atoms with Gasteiger partial charge in [-0.15, -0.1) is 0 Å². The largest absolute Gasteiger partial charge is 0.496 e. The summed E-state index contributed by atoms with van der Waals surface area (Å²) in [6, 6.07) is 15.0. The summed E-state index contributed by atoms with van der Waals surface area (Å²) in [6.45, 7) is 1.76. The molecule has 0 radical (unpaired) electrons. The van der Waals surface area contributed by atoms with Crippen LogP contribution in [0.1, 0.15) is 12.7 Å². The molecule has 9 heteroatoms. The van der Waals surface area contributed by atoms with E-state index < -0.39 is 4.92 Å². The highest BCUT2D eigenvalue weighted by atomic mass is 79.9. The van der Waals surface area contributed by atoms with Crippen LogP contribution in [0.5, 0.6) is 5.75 Å². The van der Waals surface area contributed by atoms with Gasteiger partial charge in [-0.3, -0.25) is 14.9 Å². The lowest BCUT2D eigenvalue weighted by Gasteiger charge is -2.11. The number of benzene rings is 2. The van der Waals surface area contributed by atoms with Crippen LogP contribution in [0.15, 0.2) is 74.2 Å². The van der Waals surface area contributed by atoms with Gasteiger partial charge in [0, 0.05) is 10.5 Å².